The molecule has 6 rings (SSSR count). The lowest BCUT2D eigenvalue weighted by Crippen LogP contribution is -2.49. The molecule has 0 saturated carbocycles. The summed E-state index contributed by atoms with van der Waals surface area (Å²) in [4.78, 5) is 31.3. The van der Waals surface area contributed by atoms with Gasteiger partial charge >= 0.3 is 0 Å². The Morgan fingerprint density at radius 1 is 1.00 bits per heavy atom. The van der Waals surface area contributed by atoms with Gasteiger partial charge in [0.15, 0.2) is 5.82 Å². The molecule has 2 fully saturated rings. The summed E-state index contributed by atoms with van der Waals surface area (Å²) in [7, 11) is 3.46. The number of carbonyl (C=O) groups is 1. The molecule has 44 heavy (non-hydrogen) atoms. The summed E-state index contributed by atoms with van der Waals surface area (Å²) in [6.07, 6.45) is 2.80. The van der Waals surface area contributed by atoms with Gasteiger partial charge in [0.1, 0.15) is 10.8 Å². The van der Waals surface area contributed by atoms with Gasteiger partial charge in [-0.1, -0.05) is 11.6 Å². The zero-order chi connectivity index (χ0) is 31.0. The number of amides is 1. The van der Waals surface area contributed by atoms with E-state index in [2.05, 4.69) is 55.2 Å². The third-order valence-corrected chi connectivity index (χ3v) is 9.16. The number of nitrogens with zero attached hydrogens (tertiary/aromatic N) is 6. The Hall–Kier alpha value is -3.80. The first-order chi connectivity index (χ1) is 21.2. The monoisotopic (exact) mass is 620 g/mol. The van der Waals surface area contributed by atoms with Gasteiger partial charge in [-0.25, -0.2) is 4.98 Å². The molecule has 0 aliphatic carbocycles. The number of aliphatic hydroxyl groups is 1. The first-order valence-corrected chi connectivity index (χ1v) is 15.7. The van der Waals surface area contributed by atoms with Crippen molar-refractivity contribution in [1.82, 2.24) is 19.8 Å². The van der Waals surface area contributed by atoms with E-state index < -0.39 is 0 Å². The molecule has 3 aliphatic heterocycles. The van der Waals surface area contributed by atoms with E-state index in [-0.39, 0.29) is 12.0 Å². The fraction of sp³-hybridized carbons (Fsp3) is 0.469. The van der Waals surface area contributed by atoms with Crippen molar-refractivity contribution in [3.05, 3.63) is 52.7 Å². The predicted molar refractivity (Wildman–Crippen MR) is 175 cm³/mol. The third-order valence-electron chi connectivity index (χ3n) is 8.89. The molecule has 0 atom stereocenters. The fourth-order valence-corrected chi connectivity index (χ4v) is 6.43. The zero-order valence-corrected chi connectivity index (χ0v) is 26.6. The number of piperidine rings is 1. The van der Waals surface area contributed by atoms with Crippen molar-refractivity contribution >= 4 is 52.0 Å². The number of aromatic nitrogens is 2. The molecule has 234 valence electrons. The maximum atomic E-state index is 13.4. The van der Waals surface area contributed by atoms with Crippen LogP contribution in [-0.4, -0.2) is 96.4 Å². The van der Waals surface area contributed by atoms with Crippen LogP contribution in [0.4, 0.5) is 34.5 Å². The summed E-state index contributed by atoms with van der Waals surface area (Å²) in [5, 5.41) is 16.8. The Kier molecular flexibility index (Phi) is 8.70. The van der Waals surface area contributed by atoms with E-state index in [4.69, 9.17) is 16.3 Å². The Morgan fingerprint density at radius 3 is 2.43 bits per heavy atom. The Balaban J connectivity index is 1.23. The van der Waals surface area contributed by atoms with Crippen LogP contribution in [0.25, 0.3) is 0 Å². The number of aliphatic hydroxyl groups excluding tert-OH is 1. The smallest absolute Gasteiger partial charge is 0.256 e. The average molecular weight is 621 g/mol. The van der Waals surface area contributed by atoms with Crippen molar-refractivity contribution < 1.29 is 14.6 Å². The number of hydrogen-bond acceptors (Lipinski definition) is 10. The second-order valence-electron chi connectivity index (χ2n) is 12.0. The van der Waals surface area contributed by atoms with Crippen molar-refractivity contribution in [2.24, 2.45) is 0 Å². The van der Waals surface area contributed by atoms with E-state index in [1.807, 2.05) is 31.3 Å². The van der Waals surface area contributed by atoms with Gasteiger partial charge in [-0.2, -0.15) is 4.98 Å². The molecule has 2 saturated heterocycles. The fourth-order valence-electron chi connectivity index (χ4n) is 6.29. The van der Waals surface area contributed by atoms with Gasteiger partial charge in [0.05, 0.1) is 36.3 Å². The van der Waals surface area contributed by atoms with Crippen LogP contribution in [0.1, 0.15) is 42.6 Å². The topological polar surface area (TPSA) is 109 Å². The number of nitrogens with one attached hydrogen (secondary N) is 2. The summed E-state index contributed by atoms with van der Waals surface area (Å²) in [6.45, 7) is 10.5. The highest BCUT2D eigenvalue weighted by Crippen LogP contribution is 2.39. The largest absolute Gasteiger partial charge is 0.494 e. The molecule has 4 heterocycles. The number of carbonyl (C=O) groups excluding carboxylic acids is 1. The summed E-state index contributed by atoms with van der Waals surface area (Å²) in [5.41, 5.74) is 5.20. The Labute approximate surface area is 263 Å². The molecule has 0 radical (unpaired) electrons. The number of anilines is 6. The molecule has 0 spiro atoms. The second kappa shape index (κ2) is 12.7. The Bertz CT molecular complexity index is 1520. The minimum absolute atomic E-state index is 0.0262. The molecule has 1 aromatic heterocycles. The quantitative estimate of drug-likeness (QED) is 0.328. The van der Waals surface area contributed by atoms with E-state index in [9.17, 15) is 9.90 Å². The Morgan fingerprint density at radius 2 is 1.73 bits per heavy atom. The maximum absolute atomic E-state index is 13.4. The molecular formula is C32H41ClN8O3. The molecule has 11 nitrogen and oxygen atoms in total. The van der Waals surface area contributed by atoms with Crippen molar-refractivity contribution in [3.8, 4) is 5.75 Å². The number of rotatable bonds is 8. The predicted octanol–water partition coefficient (Wildman–Crippen LogP) is 4.70. The van der Waals surface area contributed by atoms with Crippen LogP contribution >= 0.6 is 11.6 Å². The highest BCUT2D eigenvalue weighted by molar-refractivity contribution is 6.33. The van der Waals surface area contributed by atoms with Crippen LogP contribution in [0.3, 0.4) is 0 Å². The summed E-state index contributed by atoms with van der Waals surface area (Å²) in [5.74, 6) is 1.36. The van der Waals surface area contributed by atoms with Gasteiger partial charge in [-0.15, -0.1) is 0 Å². The molecule has 3 aromatic rings. The first kappa shape index (κ1) is 30.2. The van der Waals surface area contributed by atoms with Crippen molar-refractivity contribution in [2.75, 3.05) is 73.9 Å². The van der Waals surface area contributed by atoms with E-state index in [1.165, 1.54) is 6.20 Å². The normalized spacial score (nSPS) is 17.8. The minimum atomic E-state index is -0.234. The molecule has 3 aliphatic rings. The van der Waals surface area contributed by atoms with Crippen LogP contribution < -0.4 is 25.2 Å². The van der Waals surface area contributed by atoms with E-state index in [1.54, 1.807) is 12.0 Å². The molecule has 0 unspecified atom stereocenters. The van der Waals surface area contributed by atoms with E-state index in [0.717, 1.165) is 69.0 Å². The lowest BCUT2D eigenvalue weighted by atomic mass is 10.0. The van der Waals surface area contributed by atoms with Crippen molar-refractivity contribution in [2.45, 2.75) is 45.4 Å². The number of fused-ring (bicyclic) bond motifs is 1. The third kappa shape index (κ3) is 6.09. The van der Waals surface area contributed by atoms with Crippen LogP contribution in [0.15, 0.2) is 36.5 Å². The first-order valence-electron chi connectivity index (χ1n) is 15.3. The highest BCUT2D eigenvalue weighted by Gasteiger charge is 2.33. The van der Waals surface area contributed by atoms with Gasteiger partial charge in [0.2, 0.25) is 5.95 Å². The molecule has 1 amide bonds. The number of methoxy groups -OCH3 is 1. The van der Waals surface area contributed by atoms with Crippen LogP contribution in [0.5, 0.6) is 5.75 Å². The average Bonchev–Trinajstić information content (AvgIpc) is 3.33. The van der Waals surface area contributed by atoms with Crippen LogP contribution in [-0.2, 0) is 6.54 Å². The summed E-state index contributed by atoms with van der Waals surface area (Å²) < 4.78 is 5.69. The molecule has 3 N–H and O–H groups in total. The zero-order valence-electron chi connectivity index (χ0n) is 25.8. The van der Waals surface area contributed by atoms with Crippen LogP contribution in [0.2, 0.25) is 5.02 Å². The number of benzene rings is 2. The van der Waals surface area contributed by atoms with Gasteiger partial charge in [-0.3, -0.25) is 9.69 Å². The number of hydrogen-bond donors (Lipinski definition) is 3. The standard InChI is InChI=1S/C32H41ClN8O3/c1-20(2)39-13-15-41(16-14-39)27-8-7-26(29-23(27)19-38(3)31(29)43)35-30-24(33)18-34-32(37-30)36-25-6-5-21(17-28(25)44-4)40-11-9-22(42)10-12-40/h5-8,17-18,20,22,42H,9-16,19H2,1-4H3,(H2,34,35,36,37). The number of piperazine rings is 1. The second-order valence-corrected chi connectivity index (χ2v) is 12.4. The SMILES string of the molecule is COc1cc(N2CCC(O)CC2)ccc1Nc1ncc(Cl)c(Nc2ccc(N3CCN(C(C)C)CC3)c3c2C(=O)N(C)C3)n1. The lowest BCUT2D eigenvalue weighted by Gasteiger charge is -2.38. The van der Waals surface area contributed by atoms with Gasteiger partial charge in [0, 0.05) is 81.9 Å². The van der Waals surface area contributed by atoms with Crippen LogP contribution in [0, 0.1) is 0 Å². The number of halogens is 1. The molecule has 0 bridgehead atoms. The molecule has 2 aromatic carbocycles. The maximum Gasteiger partial charge on any atom is 0.256 e. The molecular weight excluding hydrogens is 580 g/mol. The molecule has 12 heteroatoms. The lowest BCUT2D eigenvalue weighted by molar-refractivity contribution is 0.0817. The van der Waals surface area contributed by atoms with Gasteiger partial charge in [-0.05, 0) is 51.0 Å². The minimum Gasteiger partial charge on any atom is -0.494 e. The summed E-state index contributed by atoms with van der Waals surface area (Å²) in [6, 6.07) is 10.5. The number of ether oxygens (including phenoxy) is 1. The van der Waals surface area contributed by atoms with Crippen molar-refractivity contribution in [1.29, 1.82) is 0 Å². The van der Waals surface area contributed by atoms with Gasteiger partial charge < -0.3 is 35.2 Å². The van der Waals surface area contributed by atoms with E-state index in [0.29, 0.717) is 52.1 Å². The van der Waals surface area contributed by atoms with Crippen molar-refractivity contribution in [3.63, 3.8) is 0 Å². The highest BCUT2D eigenvalue weighted by atomic mass is 35.5. The summed E-state index contributed by atoms with van der Waals surface area (Å²) >= 11 is 6.56. The van der Waals surface area contributed by atoms with Gasteiger partial charge in [0.25, 0.3) is 5.91 Å². The van der Waals surface area contributed by atoms with E-state index >= 15 is 0 Å².